The normalized spacial score (nSPS) is 15.6. The fraction of sp³-hybridized carbons (Fsp3) is 0.900. The molecule has 1 unspecified atom stereocenters. The van der Waals surface area contributed by atoms with Crippen molar-refractivity contribution >= 4 is 26.6 Å². The number of hydrogen-bond donors (Lipinski definition) is 1. The molecule has 0 aromatic heterocycles. The van der Waals surface area contributed by atoms with Crippen LogP contribution in [0.3, 0.4) is 0 Å². The summed E-state index contributed by atoms with van der Waals surface area (Å²) in [5.41, 5.74) is 0. The van der Waals surface area contributed by atoms with Gasteiger partial charge in [0.15, 0.2) is 9.84 Å². The number of rotatable bonds is 5. The van der Waals surface area contributed by atoms with E-state index < -0.39 is 36.1 Å². The summed E-state index contributed by atoms with van der Waals surface area (Å²) in [7, 11) is -5.09. The van der Waals surface area contributed by atoms with E-state index in [9.17, 15) is 17.4 Å². The zero-order valence-electron chi connectivity index (χ0n) is 10.8. The summed E-state index contributed by atoms with van der Waals surface area (Å²) in [4.78, 5) is 10.8. The molecule has 5 nitrogen and oxygen atoms in total. The van der Waals surface area contributed by atoms with Crippen molar-refractivity contribution in [1.29, 1.82) is 0 Å². The third-order valence-corrected chi connectivity index (χ3v) is 7.31. The molecule has 0 heterocycles. The van der Waals surface area contributed by atoms with Crippen LogP contribution in [0, 0.1) is 0 Å². The smallest absolute Gasteiger partial charge is 0.321 e. The zero-order chi connectivity index (χ0) is 14.1. The predicted octanol–water partition coefficient (Wildman–Crippen LogP) is 0.812. The SMILES string of the molecule is CC(C)(C(=O)O)S(=O)CCS(=O)(=O)C(C)(C)C. The van der Waals surface area contributed by atoms with E-state index in [-0.39, 0.29) is 11.5 Å². The summed E-state index contributed by atoms with van der Waals surface area (Å²) in [6.45, 7) is 7.35. The molecule has 0 aromatic rings. The van der Waals surface area contributed by atoms with E-state index in [0.29, 0.717) is 0 Å². The van der Waals surface area contributed by atoms with Crippen LogP contribution >= 0.6 is 0 Å². The Kier molecular flexibility index (Phi) is 4.93. The molecular formula is C10H20O5S2. The highest BCUT2D eigenvalue weighted by molar-refractivity contribution is 7.94. The number of carbonyl (C=O) groups is 1. The highest BCUT2D eigenvalue weighted by Crippen LogP contribution is 2.18. The minimum atomic E-state index is -3.36. The molecule has 0 aliphatic heterocycles. The molecule has 1 N–H and O–H groups in total. The molecule has 17 heavy (non-hydrogen) atoms. The van der Waals surface area contributed by atoms with Crippen LogP contribution in [0.2, 0.25) is 0 Å². The monoisotopic (exact) mass is 284 g/mol. The van der Waals surface area contributed by atoms with Crippen molar-refractivity contribution in [2.75, 3.05) is 11.5 Å². The van der Waals surface area contributed by atoms with Crippen molar-refractivity contribution in [3.05, 3.63) is 0 Å². The average Bonchev–Trinajstić information content (AvgIpc) is 2.11. The van der Waals surface area contributed by atoms with E-state index in [2.05, 4.69) is 0 Å². The van der Waals surface area contributed by atoms with Crippen LogP contribution < -0.4 is 0 Å². The first-order chi connectivity index (χ1) is 7.32. The third kappa shape index (κ3) is 4.06. The molecule has 0 aliphatic carbocycles. The molecule has 0 amide bonds. The Morgan fingerprint density at radius 2 is 1.59 bits per heavy atom. The van der Waals surface area contributed by atoms with E-state index in [1.807, 2.05) is 0 Å². The molecule has 0 aliphatic rings. The lowest BCUT2D eigenvalue weighted by atomic mass is 10.2. The quantitative estimate of drug-likeness (QED) is 0.807. The molecule has 7 heteroatoms. The van der Waals surface area contributed by atoms with Gasteiger partial charge in [0.2, 0.25) is 0 Å². The third-order valence-electron chi connectivity index (χ3n) is 2.55. The van der Waals surface area contributed by atoms with Crippen LogP contribution in [-0.2, 0) is 25.4 Å². The molecule has 0 radical (unpaired) electrons. The van der Waals surface area contributed by atoms with Gasteiger partial charge in [-0.3, -0.25) is 9.00 Å². The Bertz CT molecular complexity index is 414. The van der Waals surface area contributed by atoms with Gasteiger partial charge in [-0.25, -0.2) is 8.42 Å². The second-order valence-electron chi connectivity index (χ2n) is 5.30. The van der Waals surface area contributed by atoms with Gasteiger partial charge in [-0.2, -0.15) is 0 Å². The second-order valence-corrected chi connectivity index (χ2v) is 10.3. The van der Waals surface area contributed by atoms with Crippen molar-refractivity contribution in [3.8, 4) is 0 Å². The maximum Gasteiger partial charge on any atom is 0.321 e. The lowest BCUT2D eigenvalue weighted by molar-refractivity contribution is -0.139. The van der Waals surface area contributed by atoms with Crippen LogP contribution in [0.25, 0.3) is 0 Å². The summed E-state index contributed by atoms with van der Waals surface area (Å²) in [5.74, 6) is -1.61. The summed E-state index contributed by atoms with van der Waals surface area (Å²) in [5, 5.41) is 8.86. The Morgan fingerprint density at radius 3 is 1.88 bits per heavy atom. The second kappa shape index (κ2) is 5.06. The van der Waals surface area contributed by atoms with Crippen LogP contribution in [0.4, 0.5) is 0 Å². The van der Waals surface area contributed by atoms with Crippen molar-refractivity contribution < 1.29 is 22.5 Å². The maximum absolute atomic E-state index is 11.8. The lowest BCUT2D eigenvalue weighted by Crippen LogP contribution is -2.40. The van der Waals surface area contributed by atoms with Gasteiger partial charge in [-0.1, -0.05) is 0 Å². The van der Waals surface area contributed by atoms with E-state index in [1.54, 1.807) is 20.8 Å². The van der Waals surface area contributed by atoms with E-state index in [0.717, 1.165) is 0 Å². The summed E-state index contributed by atoms with van der Waals surface area (Å²) in [6.07, 6.45) is 0. The minimum Gasteiger partial charge on any atom is -0.480 e. The van der Waals surface area contributed by atoms with Crippen LogP contribution in [-0.4, -0.2) is 44.7 Å². The number of sulfone groups is 1. The molecule has 102 valence electrons. The molecule has 1 atom stereocenters. The molecule has 0 saturated heterocycles. The highest BCUT2D eigenvalue weighted by Gasteiger charge is 2.36. The van der Waals surface area contributed by atoms with Gasteiger partial charge in [-0.05, 0) is 34.6 Å². The average molecular weight is 284 g/mol. The van der Waals surface area contributed by atoms with Gasteiger partial charge in [0.05, 0.1) is 10.5 Å². The molecule has 0 fully saturated rings. The van der Waals surface area contributed by atoms with Crippen LogP contribution in [0.5, 0.6) is 0 Å². The molecule has 0 aromatic carbocycles. The van der Waals surface area contributed by atoms with Gasteiger partial charge >= 0.3 is 5.97 Å². The van der Waals surface area contributed by atoms with Crippen molar-refractivity contribution in [2.45, 2.75) is 44.1 Å². The maximum atomic E-state index is 11.8. The predicted molar refractivity (Wildman–Crippen MR) is 68.3 cm³/mol. The van der Waals surface area contributed by atoms with Crippen molar-refractivity contribution in [1.82, 2.24) is 0 Å². The van der Waals surface area contributed by atoms with Crippen molar-refractivity contribution in [2.24, 2.45) is 0 Å². The largest absolute Gasteiger partial charge is 0.480 e. The molecule has 0 spiro atoms. The first-order valence-corrected chi connectivity index (χ1v) is 8.13. The zero-order valence-corrected chi connectivity index (χ0v) is 12.4. The fourth-order valence-electron chi connectivity index (χ4n) is 0.844. The number of carboxylic acids is 1. The molecule has 0 saturated carbocycles. The molecule has 0 rings (SSSR count). The Labute approximate surface area is 105 Å². The van der Waals surface area contributed by atoms with Gasteiger partial charge in [-0.15, -0.1) is 0 Å². The Balaban J connectivity index is 4.74. The first kappa shape index (κ1) is 16.6. The lowest BCUT2D eigenvalue weighted by Gasteiger charge is -2.22. The van der Waals surface area contributed by atoms with Gasteiger partial charge < -0.3 is 5.11 Å². The summed E-state index contributed by atoms with van der Waals surface area (Å²) >= 11 is 0. The van der Waals surface area contributed by atoms with Gasteiger partial charge in [0.25, 0.3) is 0 Å². The number of hydrogen-bond acceptors (Lipinski definition) is 4. The molecule has 0 bridgehead atoms. The minimum absolute atomic E-state index is 0.154. The van der Waals surface area contributed by atoms with Gasteiger partial charge in [0, 0.05) is 16.6 Å². The van der Waals surface area contributed by atoms with Crippen molar-refractivity contribution in [3.63, 3.8) is 0 Å². The topological polar surface area (TPSA) is 88.5 Å². The first-order valence-electron chi connectivity index (χ1n) is 5.16. The number of carboxylic acid groups (broad SMARTS) is 1. The van der Waals surface area contributed by atoms with E-state index in [1.165, 1.54) is 13.8 Å². The Hall–Kier alpha value is -0.430. The highest BCUT2D eigenvalue weighted by atomic mass is 32.2. The Morgan fingerprint density at radius 1 is 1.18 bits per heavy atom. The van der Waals surface area contributed by atoms with Crippen LogP contribution in [0.15, 0.2) is 0 Å². The molecular weight excluding hydrogens is 264 g/mol. The van der Waals surface area contributed by atoms with Gasteiger partial charge in [0.1, 0.15) is 4.75 Å². The standard InChI is InChI=1S/C10H20O5S2/c1-9(2,3)17(14,15)7-6-16(13)10(4,5)8(11)12/h6-7H2,1-5H3,(H,11,12). The van der Waals surface area contributed by atoms with E-state index in [4.69, 9.17) is 5.11 Å². The number of aliphatic carboxylic acids is 1. The van der Waals surface area contributed by atoms with Crippen LogP contribution in [0.1, 0.15) is 34.6 Å². The summed E-state index contributed by atoms with van der Waals surface area (Å²) in [6, 6.07) is 0. The fourth-order valence-corrected chi connectivity index (χ4v) is 3.64. The van der Waals surface area contributed by atoms with E-state index >= 15 is 0 Å². The summed E-state index contributed by atoms with van der Waals surface area (Å²) < 4.78 is 33.0.